The Kier molecular flexibility index (Phi) is 5.62. The number of hydrogen-bond donors (Lipinski definition) is 1. The molecule has 2 heterocycles. The zero-order chi connectivity index (χ0) is 23.8. The van der Waals surface area contributed by atoms with E-state index in [0.717, 1.165) is 11.1 Å². The third-order valence-corrected chi connectivity index (χ3v) is 7.04. The van der Waals surface area contributed by atoms with Gasteiger partial charge in [0, 0.05) is 25.0 Å². The van der Waals surface area contributed by atoms with Gasteiger partial charge < -0.3 is 9.92 Å². The fourth-order valence-electron chi connectivity index (χ4n) is 3.56. The Labute approximate surface area is 192 Å². The first-order chi connectivity index (χ1) is 15.6. The number of aliphatic imine (C=N–C) groups is 1. The summed E-state index contributed by atoms with van der Waals surface area (Å²) in [5.41, 5.74) is 7.09. The van der Waals surface area contributed by atoms with Crippen LogP contribution in [-0.4, -0.2) is 47.5 Å². The van der Waals surface area contributed by atoms with Crippen LogP contribution < -0.4 is 9.92 Å². The summed E-state index contributed by atoms with van der Waals surface area (Å²) in [5, 5.41) is -0.729. The molecule has 9 nitrogen and oxygen atoms in total. The number of aromatic nitrogens is 2. The molecule has 0 saturated carbocycles. The van der Waals surface area contributed by atoms with Crippen LogP contribution in [0.25, 0.3) is 11.1 Å². The van der Waals surface area contributed by atoms with Gasteiger partial charge in [0.1, 0.15) is 12.1 Å². The average Bonchev–Trinajstić information content (AvgIpc) is 3.04. The summed E-state index contributed by atoms with van der Waals surface area (Å²) in [7, 11) is -2.28. The Morgan fingerprint density at radius 2 is 1.64 bits per heavy atom. The molecule has 1 aromatic heterocycles. The van der Waals surface area contributed by atoms with Gasteiger partial charge in [0.2, 0.25) is 0 Å². The Bertz CT molecular complexity index is 1340. The molecule has 0 radical (unpaired) electrons. The second-order valence-corrected chi connectivity index (χ2v) is 10.0. The van der Waals surface area contributed by atoms with Crippen molar-refractivity contribution in [2.24, 2.45) is 10.7 Å². The van der Waals surface area contributed by atoms with Gasteiger partial charge in [0.25, 0.3) is 5.91 Å². The van der Waals surface area contributed by atoms with Crippen LogP contribution in [0.2, 0.25) is 0 Å². The van der Waals surface area contributed by atoms with E-state index in [0.29, 0.717) is 11.1 Å². The zero-order valence-electron chi connectivity index (χ0n) is 18.3. The molecule has 1 aliphatic heterocycles. The number of likely N-dealkylation sites (N-methyl/N-ethyl adjacent to an activating group) is 1. The summed E-state index contributed by atoms with van der Waals surface area (Å²) in [4.78, 5) is 27.5. The molecule has 33 heavy (non-hydrogen) atoms. The van der Waals surface area contributed by atoms with Gasteiger partial charge in [-0.2, -0.15) is 8.42 Å². The maximum atomic E-state index is 13.5. The predicted octanol–water partition coefficient (Wildman–Crippen LogP) is 2.29. The largest absolute Gasteiger partial charge is 0.382 e. The first kappa shape index (κ1) is 22.4. The lowest BCUT2D eigenvalue weighted by Gasteiger charge is -2.27. The SMILES string of the molecule is CC(C)S(=O)(=O)Oc1cccc(C2(c3cccc(-c4cncnc4)c3)N=C(N)N(C)C2=O)c1. The molecule has 0 aliphatic carbocycles. The summed E-state index contributed by atoms with van der Waals surface area (Å²) in [5.74, 6) is -0.232. The standard InChI is InChI=1S/C23H23N5O4S/c1-15(2)33(30,31)32-20-9-5-8-19(11-20)23(21(29)28(3)22(24)27-23)18-7-4-6-16(10-18)17-12-25-14-26-13-17/h4-15H,1-3H3,(H2,24,27). The zero-order valence-corrected chi connectivity index (χ0v) is 19.2. The first-order valence-electron chi connectivity index (χ1n) is 10.2. The molecule has 4 rings (SSSR count). The molecule has 0 spiro atoms. The van der Waals surface area contributed by atoms with E-state index >= 15 is 0 Å². The minimum Gasteiger partial charge on any atom is -0.382 e. The van der Waals surface area contributed by atoms with Crippen molar-refractivity contribution in [1.29, 1.82) is 0 Å². The smallest absolute Gasteiger partial charge is 0.311 e. The lowest BCUT2D eigenvalue weighted by Crippen LogP contribution is -2.41. The van der Waals surface area contributed by atoms with Gasteiger partial charge in [-0.05, 0) is 48.7 Å². The quantitative estimate of drug-likeness (QED) is 0.553. The van der Waals surface area contributed by atoms with Gasteiger partial charge in [0.05, 0.1) is 5.25 Å². The molecule has 1 aliphatic rings. The Hall–Kier alpha value is -3.79. The molecule has 3 aromatic rings. The molecule has 1 unspecified atom stereocenters. The molecule has 1 amide bonds. The van der Waals surface area contributed by atoms with Crippen LogP contribution in [-0.2, 0) is 20.5 Å². The second-order valence-electron chi connectivity index (χ2n) is 7.91. The number of guanidine groups is 1. The molecule has 2 aromatic carbocycles. The van der Waals surface area contributed by atoms with E-state index in [-0.39, 0.29) is 17.6 Å². The van der Waals surface area contributed by atoms with E-state index in [1.165, 1.54) is 37.2 Å². The highest BCUT2D eigenvalue weighted by molar-refractivity contribution is 7.87. The van der Waals surface area contributed by atoms with Gasteiger partial charge in [0.15, 0.2) is 11.5 Å². The summed E-state index contributed by atoms with van der Waals surface area (Å²) in [6.45, 7) is 3.06. The number of nitrogens with two attached hydrogens (primary N) is 1. The van der Waals surface area contributed by atoms with Crippen molar-refractivity contribution in [2.75, 3.05) is 7.05 Å². The predicted molar refractivity (Wildman–Crippen MR) is 124 cm³/mol. The van der Waals surface area contributed by atoms with Crippen LogP contribution >= 0.6 is 0 Å². The lowest BCUT2D eigenvalue weighted by molar-refractivity contribution is -0.129. The van der Waals surface area contributed by atoms with E-state index in [1.54, 1.807) is 43.7 Å². The van der Waals surface area contributed by atoms with Crippen LogP contribution in [0, 0.1) is 0 Å². The minimum atomic E-state index is -3.82. The first-order valence-corrected chi connectivity index (χ1v) is 11.7. The highest BCUT2D eigenvalue weighted by Gasteiger charge is 2.49. The van der Waals surface area contributed by atoms with Crippen LogP contribution in [0.4, 0.5) is 0 Å². The molecular weight excluding hydrogens is 442 g/mol. The minimum absolute atomic E-state index is 0.0505. The van der Waals surface area contributed by atoms with E-state index in [1.807, 2.05) is 12.1 Å². The maximum absolute atomic E-state index is 13.5. The number of carbonyl (C=O) groups excluding carboxylic acids is 1. The van der Waals surface area contributed by atoms with Crippen molar-refractivity contribution < 1.29 is 17.4 Å². The molecule has 2 N–H and O–H groups in total. The molecular formula is C23H23N5O4S. The number of carbonyl (C=O) groups is 1. The van der Waals surface area contributed by atoms with Crippen molar-refractivity contribution >= 4 is 22.0 Å². The van der Waals surface area contributed by atoms with E-state index in [4.69, 9.17) is 9.92 Å². The lowest BCUT2D eigenvalue weighted by atomic mass is 9.81. The number of nitrogens with zero attached hydrogens (tertiary/aromatic N) is 4. The molecule has 10 heteroatoms. The molecule has 0 fully saturated rings. The van der Waals surface area contributed by atoms with Crippen molar-refractivity contribution in [3.63, 3.8) is 0 Å². The Morgan fingerprint density at radius 3 is 2.24 bits per heavy atom. The van der Waals surface area contributed by atoms with Crippen molar-refractivity contribution in [3.8, 4) is 16.9 Å². The van der Waals surface area contributed by atoms with Crippen molar-refractivity contribution in [3.05, 3.63) is 78.4 Å². The Morgan fingerprint density at radius 1 is 1.00 bits per heavy atom. The van der Waals surface area contributed by atoms with Gasteiger partial charge in [-0.1, -0.05) is 30.3 Å². The third kappa shape index (κ3) is 3.93. The second kappa shape index (κ2) is 8.28. The fraction of sp³-hybridized carbons (Fsp3) is 0.217. The summed E-state index contributed by atoms with van der Waals surface area (Å²) in [6.07, 6.45) is 4.78. The normalized spacial score (nSPS) is 18.5. The highest BCUT2D eigenvalue weighted by atomic mass is 32.2. The number of amides is 1. The third-order valence-electron chi connectivity index (χ3n) is 5.46. The average molecular weight is 466 g/mol. The van der Waals surface area contributed by atoms with Crippen LogP contribution in [0.5, 0.6) is 5.75 Å². The number of rotatable bonds is 6. The van der Waals surface area contributed by atoms with Crippen LogP contribution in [0.15, 0.2) is 72.2 Å². The number of benzene rings is 2. The van der Waals surface area contributed by atoms with E-state index in [2.05, 4.69) is 15.0 Å². The molecule has 170 valence electrons. The van der Waals surface area contributed by atoms with Gasteiger partial charge in [-0.25, -0.2) is 15.0 Å². The Balaban J connectivity index is 1.89. The fourth-order valence-corrected chi connectivity index (χ4v) is 4.12. The number of hydrogen-bond acceptors (Lipinski definition) is 8. The van der Waals surface area contributed by atoms with Gasteiger partial charge in [-0.15, -0.1) is 0 Å². The summed E-state index contributed by atoms with van der Waals surface area (Å²) in [6, 6.07) is 13.6. The van der Waals surface area contributed by atoms with E-state index in [9.17, 15) is 13.2 Å². The molecule has 0 saturated heterocycles. The van der Waals surface area contributed by atoms with Gasteiger partial charge >= 0.3 is 10.1 Å². The van der Waals surface area contributed by atoms with Crippen LogP contribution in [0.1, 0.15) is 25.0 Å². The van der Waals surface area contributed by atoms with E-state index < -0.39 is 20.9 Å². The molecule has 0 bridgehead atoms. The monoisotopic (exact) mass is 465 g/mol. The maximum Gasteiger partial charge on any atom is 0.311 e. The summed E-state index contributed by atoms with van der Waals surface area (Å²) >= 11 is 0. The highest BCUT2D eigenvalue weighted by Crippen LogP contribution is 2.41. The van der Waals surface area contributed by atoms with Crippen LogP contribution in [0.3, 0.4) is 0 Å². The topological polar surface area (TPSA) is 128 Å². The molecule has 1 atom stereocenters. The summed E-state index contributed by atoms with van der Waals surface area (Å²) < 4.78 is 29.9. The van der Waals surface area contributed by atoms with Gasteiger partial charge in [-0.3, -0.25) is 9.69 Å². The van der Waals surface area contributed by atoms with Crippen molar-refractivity contribution in [2.45, 2.75) is 24.6 Å². The van der Waals surface area contributed by atoms with Crippen molar-refractivity contribution in [1.82, 2.24) is 14.9 Å².